The fraction of sp³-hybridized carbons (Fsp3) is 0.364. The van der Waals surface area contributed by atoms with Crippen LogP contribution in [0.3, 0.4) is 0 Å². The van der Waals surface area contributed by atoms with Gasteiger partial charge in [-0.1, -0.05) is 18.2 Å². The molecule has 1 aromatic carbocycles. The van der Waals surface area contributed by atoms with Gasteiger partial charge < -0.3 is 10.8 Å². The summed E-state index contributed by atoms with van der Waals surface area (Å²) >= 11 is 0. The van der Waals surface area contributed by atoms with Crippen molar-refractivity contribution in [1.29, 1.82) is 0 Å². The summed E-state index contributed by atoms with van der Waals surface area (Å²) in [5, 5.41) is 8.91. The fourth-order valence-electron chi connectivity index (χ4n) is 1.59. The molecule has 0 spiro atoms. The first-order valence-electron chi connectivity index (χ1n) is 4.94. The van der Waals surface area contributed by atoms with Crippen molar-refractivity contribution in [3.8, 4) is 0 Å². The Morgan fingerprint density at radius 1 is 1.28 bits per heavy atom. The van der Waals surface area contributed by atoms with Crippen LogP contribution in [-0.2, 0) is 16.5 Å². The van der Waals surface area contributed by atoms with Gasteiger partial charge in [0.1, 0.15) is 6.17 Å². The number of benzene rings is 1. The maximum atomic E-state index is 13.4. The van der Waals surface area contributed by atoms with Crippen LogP contribution in [0.5, 0.6) is 0 Å². The van der Waals surface area contributed by atoms with Crippen LogP contribution in [0.25, 0.3) is 0 Å². The highest BCUT2D eigenvalue weighted by Gasteiger charge is 2.47. The van der Waals surface area contributed by atoms with Crippen molar-refractivity contribution in [3.05, 3.63) is 35.4 Å². The summed E-state index contributed by atoms with van der Waals surface area (Å²) < 4.78 is 51.6. The Morgan fingerprint density at radius 2 is 1.72 bits per heavy atom. The third kappa shape index (κ3) is 2.31. The molecule has 0 fully saturated rings. The van der Waals surface area contributed by atoms with Gasteiger partial charge in [0, 0.05) is 0 Å². The van der Waals surface area contributed by atoms with Crippen LogP contribution in [0.2, 0.25) is 0 Å². The molecule has 0 bridgehead atoms. The van der Waals surface area contributed by atoms with Gasteiger partial charge in [-0.05, 0) is 18.6 Å². The van der Waals surface area contributed by atoms with Crippen molar-refractivity contribution in [3.63, 3.8) is 0 Å². The Morgan fingerprint density at radius 3 is 2.06 bits per heavy atom. The molecule has 0 aliphatic rings. The standard InChI is InChI=1S/C11H11F4NO2/c1-6(12)10(16,9(17)18)7-4-2-3-5-8(7)11(13,14)15/h2-6H,16H2,1H3,(H,17,18). The Balaban J connectivity index is 3.54. The van der Waals surface area contributed by atoms with Crippen LogP contribution in [0.1, 0.15) is 18.1 Å². The first kappa shape index (κ1) is 14.4. The molecule has 1 rings (SSSR count). The Hall–Kier alpha value is -1.63. The second-order valence-electron chi connectivity index (χ2n) is 3.83. The second-order valence-corrected chi connectivity index (χ2v) is 3.83. The smallest absolute Gasteiger partial charge is 0.416 e. The molecule has 100 valence electrons. The topological polar surface area (TPSA) is 63.3 Å². The number of carbonyl (C=O) groups is 1. The van der Waals surface area contributed by atoms with Gasteiger partial charge in [0.2, 0.25) is 0 Å². The monoisotopic (exact) mass is 265 g/mol. The zero-order chi connectivity index (χ0) is 14.1. The lowest BCUT2D eigenvalue weighted by molar-refractivity contribution is -0.148. The van der Waals surface area contributed by atoms with E-state index < -0.39 is 35.0 Å². The quantitative estimate of drug-likeness (QED) is 0.824. The number of carboxylic acids is 1. The van der Waals surface area contributed by atoms with Gasteiger partial charge in [0.15, 0.2) is 5.54 Å². The van der Waals surface area contributed by atoms with E-state index in [9.17, 15) is 22.4 Å². The molecule has 0 aliphatic carbocycles. The lowest BCUT2D eigenvalue weighted by Crippen LogP contribution is -2.52. The number of hydrogen-bond acceptors (Lipinski definition) is 2. The van der Waals surface area contributed by atoms with Gasteiger partial charge in [0.25, 0.3) is 0 Å². The number of carboxylic acid groups (broad SMARTS) is 1. The normalized spacial score (nSPS) is 17.0. The van der Waals surface area contributed by atoms with Gasteiger partial charge in [0.05, 0.1) is 5.56 Å². The minimum Gasteiger partial charge on any atom is -0.480 e. The lowest BCUT2D eigenvalue weighted by atomic mass is 9.83. The molecule has 0 amide bonds. The molecule has 3 N–H and O–H groups in total. The summed E-state index contributed by atoms with van der Waals surface area (Å²) in [6.45, 7) is 0.807. The second kappa shape index (κ2) is 4.56. The summed E-state index contributed by atoms with van der Waals surface area (Å²) in [6, 6.07) is 3.80. The van der Waals surface area contributed by atoms with E-state index in [1.807, 2.05) is 0 Å². The van der Waals surface area contributed by atoms with Crippen LogP contribution in [0.15, 0.2) is 24.3 Å². The van der Waals surface area contributed by atoms with Crippen molar-refractivity contribution in [1.82, 2.24) is 0 Å². The van der Waals surface area contributed by atoms with Crippen molar-refractivity contribution in [2.24, 2.45) is 5.73 Å². The molecule has 7 heteroatoms. The van der Waals surface area contributed by atoms with E-state index in [0.717, 1.165) is 19.1 Å². The van der Waals surface area contributed by atoms with Gasteiger partial charge >= 0.3 is 12.1 Å². The molecule has 2 atom stereocenters. The Bertz CT molecular complexity index is 459. The summed E-state index contributed by atoms with van der Waals surface area (Å²) in [5.74, 6) is -1.85. The van der Waals surface area contributed by atoms with Crippen LogP contribution in [-0.4, -0.2) is 17.2 Å². The van der Waals surface area contributed by atoms with Crippen molar-refractivity contribution < 1.29 is 27.5 Å². The number of alkyl halides is 4. The van der Waals surface area contributed by atoms with Gasteiger partial charge in [-0.2, -0.15) is 13.2 Å². The predicted molar refractivity (Wildman–Crippen MR) is 55.5 cm³/mol. The van der Waals surface area contributed by atoms with E-state index in [2.05, 4.69) is 0 Å². The largest absolute Gasteiger partial charge is 0.480 e. The number of nitrogens with two attached hydrogens (primary N) is 1. The highest BCUT2D eigenvalue weighted by atomic mass is 19.4. The lowest BCUT2D eigenvalue weighted by Gasteiger charge is -2.29. The average molecular weight is 265 g/mol. The fourth-order valence-corrected chi connectivity index (χ4v) is 1.59. The highest BCUT2D eigenvalue weighted by Crippen LogP contribution is 2.37. The molecule has 3 nitrogen and oxygen atoms in total. The zero-order valence-electron chi connectivity index (χ0n) is 9.33. The third-order valence-electron chi connectivity index (χ3n) is 2.66. The van der Waals surface area contributed by atoms with Crippen LogP contribution in [0.4, 0.5) is 17.6 Å². The molecule has 0 aromatic heterocycles. The molecule has 0 saturated heterocycles. The molecule has 1 aromatic rings. The molecular weight excluding hydrogens is 254 g/mol. The molecule has 0 aliphatic heterocycles. The van der Waals surface area contributed by atoms with E-state index in [1.165, 1.54) is 6.07 Å². The summed E-state index contributed by atoms with van der Waals surface area (Å²) in [6.07, 6.45) is -6.98. The van der Waals surface area contributed by atoms with E-state index in [4.69, 9.17) is 10.8 Å². The third-order valence-corrected chi connectivity index (χ3v) is 2.66. The van der Waals surface area contributed by atoms with Crippen molar-refractivity contribution >= 4 is 5.97 Å². The SMILES string of the molecule is CC(F)C(N)(C(=O)O)c1ccccc1C(F)(F)F. The minimum absolute atomic E-state index is 0.669. The van der Waals surface area contributed by atoms with Gasteiger partial charge in [-0.25, -0.2) is 9.18 Å². The van der Waals surface area contributed by atoms with Crippen LogP contribution >= 0.6 is 0 Å². The Labute approximate surface area is 100 Å². The van der Waals surface area contributed by atoms with Crippen molar-refractivity contribution in [2.75, 3.05) is 0 Å². The first-order chi connectivity index (χ1) is 8.11. The molecule has 0 saturated carbocycles. The highest BCUT2D eigenvalue weighted by molar-refractivity contribution is 5.82. The maximum Gasteiger partial charge on any atom is 0.416 e. The molecule has 2 unspecified atom stereocenters. The van der Waals surface area contributed by atoms with Gasteiger partial charge in [-0.3, -0.25) is 0 Å². The van der Waals surface area contributed by atoms with Gasteiger partial charge in [-0.15, -0.1) is 0 Å². The molecule has 18 heavy (non-hydrogen) atoms. The molecular formula is C11H11F4NO2. The number of rotatable bonds is 3. The average Bonchev–Trinajstić information content (AvgIpc) is 2.26. The van der Waals surface area contributed by atoms with E-state index in [-0.39, 0.29) is 0 Å². The summed E-state index contributed by atoms with van der Waals surface area (Å²) in [4.78, 5) is 11.0. The molecule has 0 radical (unpaired) electrons. The summed E-state index contributed by atoms with van der Waals surface area (Å²) in [5.41, 5.74) is 0.556. The number of halogens is 4. The number of hydrogen-bond donors (Lipinski definition) is 2. The summed E-state index contributed by atoms with van der Waals surface area (Å²) in [7, 11) is 0. The van der Waals surface area contributed by atoms with Crippen LogP contribution < -0.4 is 5.73 Å². The van der Waals surface area contributed by atoms with E-state index in [0.29, 0.717) is 6.07 Å². The van der Waals surface area contributed by atoms with Crippen molar-refractivity contribution in [2.45, 2.75) is 24.8 Å². The minimum atomic E-state index is -4.80. The maximum absolute atomic E-state index is 13.4. The van der Waals surface area contributed by atoms with E-state index in [1.54, 1.807) is 0 Å². The molecule has 0 heterocycles. The zero-order valence-corrected chi connectivity index (χ0v) is 9.33. The Kier molecular flexibility index (Phi) is 3.66. The first-order valence-corrected chi connectivity index (χ1v) is 4.94. The van der Waals surface area contributed by atoms with E-state index >= 15 is 0 Å². The number of aliphatic carboxylic acids is 1. The van der Waals surface area contributed by atoms with Crippen LogP contribution in [0, 0.1) is 0 Å². The predicted octanol–water partition coefficient (Wildman–Crippen LogP) is 2.30.